The topological polar surface area (TPSA) is 83.4 Å². The zero-order chi connectivity index (χ0) is 24.2. The summed E-state index contributed by atoms with van der Waals surface area (Å²) in [7, 11) is 0. The van der Waals surface area contributed by atoms with Crippen LogP contribution in [0.4, 0.5) is 21.5 Å². The second-order valence-corrected chi connectivity index (χ2v) is 9.10. The molecule has 9 heteroatoms. The quantitative estimate of drug-likeness (QED) is 0.121. The van der Waals surface area contributed by atoms with Gasteiger partial charge in [0.25, 0.3) is 0 Å². The minimum absolute atomic E-state index is 0.0537. The molecule has 0 aliphatic rings. The monoisotopic (exact) mass is 494 g/mol. The van der Waals surface area contributed by atoms with Crippen LogP contribution in [0.5, 0.6) is 0 Å². The zero-order valence-electron chi connectivity index (χ0n) is 19.8. The van der Waals surface area contributed by atoms with Gasteiger partial charge in [0.1, 0.15) is 11.5 Å². The molecule has 5 N–H and O–H groups in total. The number of anilines is 3. The van der Waals surface area contributed by atoms with Crippen molar-refractivity contribution in [2.75, 3.05) is 33.5 Å². The number of halogens is 2. The molecule has 6 nitrogen and oxygen atoms in total. The summed E-state index contributed by atoms with van der Waals surface area (Å²) >= 11 is 7.96. The highest BCUT2D eigenvalue weighted by Crippen LogP contribution is 2.36. The van der Waals surface area contributed by atoms with Crippen molar-refractivity contribution < 1.29 is 4.39 Å². The summed E-state index contributed by atoms with van der Waals surface area (Å²) in [4.78, 5) is 6.69. The summed E-state index contributed by atoms with van der Waals surface area (Å²) in [6, 6.07) is 4.92. The molecule has 1 heterocycles. The molecule has 0 bridgehead atoms. The summed E-state index contributed by atoms with van der Waals surface area (Å²) in [5.41, 5.74) is 9.07. The molecular formula is C24H36ClFN6S. The minimum Gasteiger partial charge on any atom is -0.397 e. The Morgan fingerprint density at radius 2 is 1.94 bits per heavy atom. The van der Waals surface area contributed by atoms with E-state index in [0.717, 1.165) is 48.8 Å². The summed E-state index contributed by atoms with van der Waals surface area (Å²) in [5, 5.41) is 1.32. The Labute approximate surface area is 206 Å². The zero-order valence-corrected chi connectivity index (χ0v) is 21.4. The van der Waals surface area contributed by atoms with E-state index in [-0.39, 0.29) is 10.7 Å². The lowest BCUT2D eigenvalue weighted by molar-refractivity contribution is 0.626. The van der Waals surface area contributed by atoms with Crippen LogP contribution in [0.2, 0.25) is 5.02 Å². The fraction of sp³-hybridized carbons (Fsp3) is 0.458. The van der Waals surface area contributed by atoms with Gasteiger partial charge in [0.15, 0.2) is 0 Å². The van der Waals surface area contributed by atoms with Gasteiger partial charge < -0.3 is 15.4 Å². The molecule has 33 heavy (non-hydrogen) atoms. The number of nitrogens with two attached hydrogens (primary N) is 2. The Balaban J connectivity index is 2.26. The van der Waals surface area contributed by atoms with E-state index in [4.69, 9.17) is 23.2 Å². The molecule has 0 fully saturated rings. The Morgan fingerprint density at radius 1 is 1.15 bits per heavy atom. The number of benzene rings is 1. The number of hydrogen-bond donors (Lipinski definition) is 3. The highest BCUT2D eigenvalue weighted by molar-refractivity contribution is 8.00. The molecule has 0 aliphatic carbocycles. The fourth-order valence-electron chi connectivity index (χ4n) is 3.33. The summed E-state index contributed by atoms with van der Waals surface area (Å²) in [5.74, 6) is 6.54. The maximum Gasteiger partial charge on any atom is 0.149 e. The molecule has 0 spiro atoms. The number of nitrogens with one attached hydrogen (secondary N) is 1. The van der Waals surface area contributed by atoms with Crippen LogP contribution in [0.3, 0.4) is 0 Å². The molecule has 0 aliphatic heterocycles. The standard InChI is InChI=1S/C24H36ClFN6S/c1-4-7-8-12-31(11-5-2)19-14-18(15-29-16-19)21(27)17-32(28)24-20(26)9-10-22(23(24)25)30-33-13-6-3/h9-10,14-17,30H,4-8,11-13,27-28H2,1-3H3/b21-17-. The second-order valence-electron chi connectivity index (χ2n) is 7.83. The molecule has 1 aromatic carbocycles. The maximum atomic E-state index is 14.6. The van der Waals surface area contributed by atoms with Gasteiger partial charge in [0.2, 0.25) is 0 Å². The Hall–Kier alpha value is -2.16. The number of pyridine rings is 1. The van der Waals surface area contributed by atoms with E-state index in [1.54, 1.807) is 12.3 Å². The van der Waals surface area contributed by atoms with Crippen molar-refractivity contribution in [3.05, 3.63) is 53.2 Å². The molecule has 0 unspecified atom stereocenters. The van der Waals surface area contributed by atoms with E-state index in [1.165, 1.54) is 37.1 Å². The van der Waals surface area contributed by atoms with Gasteiger partial charge in [0, 0.05) is 36.8 Å². The third-order valence-corrected chi connectivity index (χ3v) is 6.40. The predicted molar refractivity (Wildman–Crippen MR) is 143 cm³/mol. The molecule has 2 rings (SSSR count). The Kier molecular flexibility index (Phi) is 11.6. The average molecular weight is 495 g/mol. The lowest BCUT2D eigenvalue weighted by atomic mass is 10.2. The van der Waals surface area contributed by atoms with Gasteiger partial charge in [0.05, 0.1) is 28.3 Å². The van der Waals surface area contributed by atoms with Crippen LogP contribution in [-0.2, 0) is 0 Å². The van der Waals surface area contributed by atoms with Gasteiger partial charge in [-0.2, -0.15) is 0 Å². The number of hydrogen-bond acceptors (Lipinski definition) is 7. The fourth-order valence-corrected chi connectivity index (χ4v) is 4.31. The van der Waals surface area contributed by atoms with Gasteiger partial charge >= 0.3 is 0 Å². The SMILES string of the molecule is CCCCCN(CCC)c1cncc(/C(N)=C/N(N)c2c(F)ccc(NSCCC)c2Cl)c1. The second kappa shape index (κ2) is 14.2. The number of aromatic nitrogens is 1. The van der Waals surface area contributed by atoms with Crippen LogP contribution < -0.4 is 26.2 Å². The van der Waals surface area contributed by atoms with Crippen molar-refractivity contribution in [2.24, 2.45) is 11.6 Å². The van der Waals surface area contributed by atoms with Crippen molar-refractivity contribution in [1.82, 2.24) is 4.98 Å². The molecule has 0 saturated heterocycles. The van der Waals surface area contributed by atoms with Gasteiger partial charge in [-0.3, -0.25) is 9.99 Å². The van der Waals surface area contributed by atoms with Gasteiger partial charge in [-0.15, -0.1) is 0 Å². The molecule has 1 aromatic heterocycles. The van der Waals surface area contributed by atoms with Crippen molar-refractivity contribution in [2.45, 2.75) is 52.9 Å². The van der Waals surface area contributed by atoms with E-state index in [9.17, 15) is 4.39 Å². The van der Waals surface area contributed by atoms with Gasteiger partial charge in [-0.1, -0.05) is 57.2 Å². The maximum absolute atomic E-state index is 14.6. The molecule has 0 saturated carbocycles. The molecule has 0 atom stereocenters. The third-order valence-electron chi connectivity index (χ3n) is 5.04. The molecule has 0 radical (unpaired) electrons. The van der Waals surface area contributed by atoms with Crippen molar-refractivity contribution in [3.8, 4) is 0 Å². The van der Waals surface area contributed by atoms with Crippen molar-refractivity contribution in [1.29, 1.82) is 0 Å². The third kappa shape index (κ3) is 7.98. The van der Waals surface area contributed by atoms with Crippen LogP contribution in [0, 0.1) is 5.82 Å². The van der Waals surface area contributed by atoms with Crippen LogP contribution in [-0.4, -0.2) is 23.8 Å². The van der Waals surface area contributed by atoms with Crippen LogP contribution >= 0.6 is 23.5 Å². The van der Waals surface area contributed by atoms with Crippen molar-refractivity contribution in [3.63, 3.8) is 0 Å². The molecule has 182 valence electrons. The molecule has 2 aromatic rings. The highest BCUT2D eigenvalue weighted by atomic mass is 35.5. The minimum atomic E-state index is -0.533. The van der Waals surface area contributed by atoms with Gasteiger partial charge in [-0.25, -0.2) is 10.2 Å². The first-order valence-corrected chi connectivity index (χ1v) is 12.9. The largest absolute Gasteiger partial charge is 0.397 e. The van der Waals surface area contributed by atoms with Crippen LogP contribution in [0.15, 0.2) is 36.8 Å². The number of nitrogens with zero attached hydrogens (tertiary/aromatic N) is 3. The van der Waals surface area contributed by atoms with E-state index in [0.29, 0.717) is 16.9 Å². The summed E-state index contributed by atoms with van der Waals surface area (Å²) < 4.78 is 17.7. The van der Waals surface area contributed by atoms with Crippen LogP contribution in [0.25, 0.3) is 5.70 Å². The first-order chi connectivity index (χ1) is 15.9. The van der Waals surface area contributed by atoms with E-state index >= 15 is 0 Å². The van der Waals surface area contributed by atoms with Crippen LogP contribution in [0.1, 0.15) is 58.4 Å². The molecule has 0 amide bonds. The predicted octanol–water partition coefficient (Wildman–Crippen LogP) is 6.39. The average Bonchev–Trinajstić information content (AvgIpc) is 2.80. The first kappa shape index (κ1) is 27.1. The number of unbranched alkanes of at least 4 members (excludes halogenated alkanes) is 2. The summed E-state index contributed by atoms with van der Waals surface area (Å²) in [6.45, 7) is 8.35. The smallest absolute Gasteiger partial charge is 0.149 e. The Bertz CT molecular complexity index is 911. The Morgan fingerprint density at radius 3 is 2.64 bits per heavy atom. The summed E-state index contributed by atoms with van der Waals surface area (Å²) in [6.07, 6.45) is 10.5. The van der Waals surface area contributed by atoms with Crippen molar-refractivity contribution >= 4 is 46.3 Å². The van der Waals surface area contributed by atoms with Gasteiger partial charge in [-0.05, 0) is 37.5 Å². The lowest BCUT2D eigenvalue weighted by Crippen LogP contribution is -2.27. The van der Waals surface area contributed by atoms with E-state index in [1.807, 2.05) is 12.3 Å². The molecular weight excluding hydrogens is 459 g/mol. The number of rotatable bonds is 14. The first-order valence-electron chi connectivity index (χ1n) is 11.5. The van der Waals surface area contributed by atoms with E-state index < -0.39 is 5.82 Å². The number of hydrazine groups is 1. The highest BCUT2D eigenvalue weighted by Gasteiger charge is 2.16. The normalized spacial score (nSPS) is 11.5. The lowest BCUT2D eigenvalue weighted by Gasteiger charge is -2.24. The van der Waals surface area contributed by atoms with E-state index in [2.05, 4.69) is 35.4 Å².